The van der Waals surface area contributed by atoms with Crippen molar-refractivity contribution in [3.8, 4) is 5.75 Å². The molecule has 1 aromatic rings. The Morgan fingerprint density at radius 1 is 1.32 bits per heavy atom. The average molecular weight is 347 g/mol. The number of hydrogen-bond acceptors (Lipinski definition) is 3. The van der Waals surface area contributed by atoms with Gasteiger partial charge in [-0.25, -0.2) is 0 Å². The minimum Gasteiger partial charge on any atom is -0.491 e. The van der Waals surface area contributed by atoms with E-state index in [9.17, 15) is 4.79 Å². The van der Waals surface area contributed by atoms with Crippen LogP contribution in [0, 0.1) is 5.92 Å². The van der Waals surface area contributed by atoms with Crippen LogP contribution in [0.4, 0.5) is 5.69 Å². The van der Waals surface area contributed by atoms with Crippen molar-refractivity contribution in [2.24, 2.45) is 5.92 Å². The number of anilines is 1. The molecule has 3 atom stereocenters. The molecule has 25 heavy (non-hydrogen) atoms. The van der Waals surface area contributed by atoms with Crippen molar-refractivity contribution in [2.75, 3.05) is 11.9 Å². The highest BCUT2D eigenvalue weighted by atomic mass is 16.5. The summed E-state index contributed by atoms with van der Waals surface area (Å²) in [6.45, 7) is 9.06. The fourth-order valence-corrected chi connectivity index (χ4v) is 3.38. The van der Waals surface area contributed by atoms with E-state index in [4.69, 9.17) is 9.47 Å². The lowest BCUT2D eigenvalue weighted by Gasteiger charge is -2.38. The molecule has 0 bridgehead atoms. The Hall–Kier alpha value is -1.55. The summed E-state index contributed by atoms with van der Waals surface area (Å²) in [6, 6.07) is 7.61. The van der Waals surface area contributed by atoms with Crippen molar-refractivity contribution in [2.45, 2.75) is 77.9 Å². The molecular weight excluding hydrogens is 314 g/mol. The van der Waals surface area contributed by atoms with Gasteiger partial charge in [-0.15, -0.1) is 0 Å². The van der Waals surface area contributed by atoms with Gasteiger partial charge in [0.2, 0.25) is 0 Å². The van der Waals surface area contributed by atoms with Gasteiger partial charge in [-0.05, 0) is 69.2 Å². The summed E-state index contributed by atoms with van der Waals surface area (Å²) in [5.74, 6) is 1.33. The number of ether oxygens (including phenoxy) is 2. The normalized spacial score (nSPS) is 24.6. The number of amides is 1. The maximum Gasteiger partial charge on any atom is 0.256 e. The van der Waals surface area contributed by atoms with E-state index in [0.717, 1.165) is 43.5 Å². The van der Waals surface area contributed by atoms with Crippen molar-refractivity contribution in [3.63, 3.8) is 0 Å². The van der Waals surface area contributed by atoms with E-state index < -0.39 is 5.60 Å². The number of carbonyl (C=O) groups excluding carboxylic acids is 1. The fraction of sp³-hybridized carbons (Fsp3) is 0.667. The van der Waals surface area contributed by atoms with Crippen LogP contribution in [-0.2, 0) is 9.53 Å². The molecule has 1 fully saturated rings. The van der Waals surface area contributed by atoms with E-state index in [1.807, 2.05) is 24.3 Å². The molecule has 0 heterocycles. The molecule has 0 unspecified atom stereocenters. The Labute approximate surface area is 152 Å². The van der Waals surface area contributed by atoms with Crippen LogP contribution in [0.2, 0.25) is 0 Å². The van der Waals surface area contributed by atoms with Gasteiger partial charge >= 0.3 is 0 Å². The molecule has 0 aliphatic heterocycles. The zero-order valence-electron chi connectivity index (χ0n) is 16.1. The molecule has 1 aliphatic carbocycles. The highest BCUT2D eigenvalue weighted by Crippen LogP contribution is 2.36. The zero-order chi connectivity index (χ0) is 18.3. The van der Waals surface area contributed by atoms with E-state index in [0.29, 0.717) is 12.5 Å². The van der Waals surface area contributed by atoms with Gasteiger partial charge in [0.25, 0.3) is 5.91 Å². The van der Waals surface area contributed by atoms with Crippen LogP contribution in [0.5, 0.6) is 5.75 Å². The molecule has 2 rings (SSSR count). The van der Waals surface area contributed by atoms with Gasteiger partial charge in [-0.2, -0.15) is 0 Å². The van der Waals surface area contributed by atoms with Crippen molar-refractivity contribution < 1.29 is 14.3 Å². The first-order valence-electron chi connectivity index (χ1n) is 9.71. The van der Waals surface area contributed by atoms with Crippen molar-refractivity contribution in [1.29, 1.82) is 0 Å². The second-order valence-corrected chi connectivity index (χ2v) is 7.36. The van der Waals surface area contributed by atoms with E-state index >= 15 is 0 Å². The molecule has 0 saturated heterocycles. The highest BCUT2D eigenvalue weighted by molar-refractivity contribution is 5.97. The first-order valence-corrected chi connectivity index (χ1v) is 9.71. The van der Waals surface area contributed by atoms with Crippen LogP contribution in [0.15, 0.2) is 24.3 Å². The van der Waals surface area contributed by atoms with Crippen molar-refractivity contribution in [3.05, 3.63) is 24.3 Å². The van der Waals surface area contributed by atoms with Crippen LogP contribution in [0.1, 0.15) is 66.2 Å². The molecule has 0 aromatic heterocycles. The van der Waals surface area contributed by atoms with Crippen LogP contribution in [0.3, 0.4) is 0 Å². The minimum absolute atomic E-state index is 0.0110. The van der Waals surface area contributed by atoms with Crippen molar-refractivity contribution >= 4 is 11.6 Å². The van der Waals surface area contributed by atoms with E-state index in [2.05, 4.69) is 33.0 Å². The summed E-state index contributed by atoms with van der Waals surface area (Å²) in [6.07, 6.45) is 5.90. The second-order valence-electron chi connectivity index (χ2n) is 7.36. The molecule has 1 N–H and O–H groups in total. The Morgan fingerprint density at radius 3 is 2.64 bits per heavy atom. The third-order valence-corrected chi connectivity index (χ3v) is 4.98. The minimum atomic E-state index is -0.681. The summed E-state index contributed by atoms with van der Waals surface area (Å²) >= 11 is 0. The number of hydrogen-bond donors (Lipinski definition) is 1. The molecule has 4 heteroatoms. The lowest BCUT2D eigenvalue weighted by Crippen LogP contribution is -2.48. The molecule has 1 aromatic carbocycles. The molecule has 1 aliphatic rings. The number of carbonyl (C=O) groups is 1. The average Bonchev–Trinajstić information content (AvgIpc) is 2.61. The molecular formula is C21H33NO3. The monoisotopic (exact) mass is 347 g/mol. The third-order valence-electron chi connectivity index (χ3n) is 4.98. The largest absolute Gasteiger partial charge is 0.491 e. The highest BCUT2D eigenvalue weighted by Gasteiger charge is 2.42. The van der Waals surface area contributed by atoms with Gasteiger partial charge < -0.3 is 14.8 Å². The summed E-state index contributed by atoms with van der Waals surface area (Å²) in [5, 5.41) is 3.06. The summed E-state index contributed by atoms with van der Waals surface area (Å²) in [4.78, 5) is 13.0. The Morgan fingerprint density at radius 2 is 2.04 bits per heavy atom. The maximum atomic E-state index is 13.0. The number of rotatable bonds is 8. The second kappa shape index (κ2) is 9.23. The fourth-order valence-electron chi connectivity index (χ4n) is 3.38. The van der Waals surface area contributed by atoms with Gasteiger partial charge in [-0.3, -0.25) is 4.79 Å². The molecule has 0 radical (unpaired) electrons. The van der Waals surface area contributed by atoms with Gasteiger partial charge in [0, 0.05) is 12.3 Å². The Balaban J connectivity index is 2.04. The predicted octanol–water partition coefficient (Wildman–Crippen LogP) is 5.18. The van der Waals surface area contributed by atoms with Crippen LogP contribution < -0.4 is 10.1 Å². The van der Waals surface area contributed by atoms with Crippen LogP contribution in [0.25, 0.3) is 0 Å². The molecule has 0 spiro atoms. The first kappa shape index (κ1) is 19.8. The quantitative estimate of drug-likeness (QED) is 0.705. The van der Waals surface area contributed by atoms with Crippen LogP contribution >= 0.6 is 0 Å². The topological polar surface area (TPSA) is 47.6 Å². The maximum absolute atomic E-state index is 13.0. The number of nitrogens with one attached hydrogen (secondary N) is 1. The SMILES string of the molecule is CCCO[C@@]1(C(=O)Nc2ccc(O[C@H](C)CC)cc2)CCC[C@@H](C)C1. The summed E-state index contributed by atoms with van der Waals surface area (Å²) in [7, 11) is 0. The molecule has 4 nitrogen and oxygen atoms in total. The molecule has 1 saturated carbocycles. The number of benzene rings is 1. The van der Waals surface area contributed by atoms with Crippen molar-refractivity contribution in [1.82, 2.24) is 0 Å². The smallest absolute Gasteiger partial charge is 0.256 e. The lowest BCUT2D eigenvalue weighted by atomic mass is 9.78. The van der Waals surface area contributed by atoms with Gasteiger partial charge in [0.05, 0.1) is 6.10 Å². The lowest BCUT2D eigenvalue weighted by molar-refractivity contribution is -0.148. The summed E-state index contributed by atoms with van der Waals surface area (Å²) < 4.78 is 11.9. The van der Waals surface area contributed by atoms with E-state index in [1.165, 1.54) is 6.42 Å². The Bertz CT molecular complexity index is 543. The van der Waals surface area contributed by atoms with Crippen LogP contribution in [-0.4, -0.2) is 24.2 Å². The third kappa shape index (κ3) is 5.46. The Kier molecular flexibility index (Phi) is 7.30. The standard InChI is InChI=1S/C21H33NO3/c1-5-14-24-21(13-7-8-16(3)15-21)20(23)22-18-9-11-19(12-10-18)25-17(4)6-2/h9-12,16-17H,5-8,13-15H2,1-4H3,(H,22,23)/t16-,17-,21+/m1/s1. The predicted molar refractivity (Wildman–Crippen MR) is 102 cm³/mol. The van der Waals surface area contributed by atoms with Gasteiger partial charge in [-0.1, -0.05) is 27.2 Å². The first-order chi connectivity index (χ1) is 12.0. The van der Waals surface area contributed by atoms with E-state index in [1.54, 1.807) is 0 Å². The van der Waals surface area contributed by atoms with E-state index in [-0.39, 0.29) is 12.0 Å². The van der Waals surface area contributed by atoms with Gasteiger partial charge in [0.1, 0.15) is 11.4 Å². The molecule has 140 valence electrons. The van der Waals surface area contributed by atoms with Gasteiger partial charge in [0.15, 0.2) is 0 Å². The summed E-state index contributed by atoms with van der Waals surface area (Å²) in [5.41, 5.74) is 0.110. The zero-order valence-corrected chi connectivity index (χ0v) is 16.1. The molecule has 1 amide bonds.